The number of rotatable bonds is 6. The average molecular weight is 269 g/mol. The lowest BCUT2D eigenvalue weighted by molar-refractivity contribution is -0.144. The molecule has 18 heavy (non-hydrogen) atoms. The van der Waals surface area contributed by atoms with Crippen LogP contribution in [0.15, 0.2) is 6.07 Å². The molecule has 0 aliphatic rings. The highest BCUT2D eigenvalue weighted by Gasteiger charge is 2.08. The lowest BCUT2D eigenvalue weighted by Gasteiger charge is -2.03. The summed E-state index contributed by atoms with van der Waals surface area (Å²) in [5.41, 5.74) is 1.25. The zero-order valence-electron chi connectivity index (χ0n) is 11.0. The van der Waals surface area contributed by atoms with Crippen LogP contribution < -0.4 is 5.32 Å². The summed E-state index contributed by atoms with van der Waals surface area (Å²) in [6, 6.07) is 2.08. The van der Waals surface area contributed by atoms with Crippen LogP contribution in [0.1, 0.15) is 35.1 Å². The SMILES string of the molecule is CCOC(=O)CCC(=O)NCc1cc(C)c(C)s1. The fourth-order valence-corrected chi connectivity index (χ4v) is 2.45. The number of thiophene rings is 1. The summed E-state index contributed by atoms with van der Waals surface area (Å²) in [6.45, 7) is 6.75. The van der Waals surface area contributed by atoms with E-state index in [4.69, 9.17) is 4.74 Å². The predicted molar refractivity (Wildman–Crippen MR) is 71.5 cm³/mol. The van der Waals surface area contributed by atoms with Crippen molar-refractivity contribution in [2.75, 3.05) is 6.61 Å². The topological polar surface area (TPSA) is 55.4 Å². The van der Waals surface area contributed by atoms with E-state index in [1.807, 2.05) is 0 Å². The summed E-state index contributed by atoms with van der Waals surface area (Å²) in [6.07, 6.45) is 0.324. The quantitative estimate of drug-likeness (QED) is 0.806. The summed E-state index contributed by atoms with van der Waals surface area (Å²) in [4.78, 5) is 25.0. The first kappa shape index (κ1) is 14.7. The Morgan fingerprint density at radius 1 is 1.33 bits per heavy atom. The number of hydrogen-bond donors (Lipinski definition) is 1. The number of nitrogens with one attached hydrogen (secondary N) is 1. The van der Waals surface area contributed by atoms with Crippen molar-refractivity contribution in [2.24, 2.45) is 0 Å². The van der Waals surface area contributed by atoms with E-state index in [-0.39, 0.29) is 24.7 Å². The molecule has 0 aliphatic carbocycles. The van der Waals surface area contributed by atoms with Crippen LogP contribution in [-0.4, -0.2) is 18.5 Å². The Kier molecular flexibility index (Phi) is 5.85. The number of carbonyl (C=O) groups excluding carboxylic acids is 2. The zero-order chi connectivity index (χ0) is 13.5. The Morgan fingerprint density at radius 2 is 2.06 bits per heavy atom. The first-order valence-corrected chi connectivity index (χ1v) is 6.82. The molecule has 4 nitrogen and oxygen atoms in total. The molecular formula is C13H19NO3S. The zero-order valence-corrected chi connectivity index (χ0v) is 11.9. The van der Waals surface area contributed by atoms with Crippen molar-refractivity contribution in [3.8, 4) is 0 Å². The van der Waals surface area contributed by atoms with Crippen LogP contribution in [0.25, 0.3) is 0 Å². The highest BCUT2D eigenvalue weighted by atomic mass is 32.1. The molecule has 0 fully saturated rings. The third-order valence-corrected chi connectivity index (χ3v) is 3.69. The molecule has 0 unspecified atom stereocenters. The minimum absolute atomic E-state index is 0.119. The maximum Gasteiger partial charge on any atom is 0.306 e. The average Bonchev–Trinajstić information content (AvgIpc) is 2.64. The lowest BCUT2D eigenvalue weighted by Crippen LogP contribution is -2.23. The molecule has 1 amide bonds. The van der Waals surface area contributed by atoms with E-state index in [1.165, 1.54) is 10.4 Å². The summed E-state index contributed by atoms with van der Waals surface area (Å²) < 4.78 is 4.76. The number of aryl methyl sites for hydroxylation is 2. The van der Waals surface area contributed by atoms with Gasteiger partial charge in [-0.2, -0.15) is 0 Å². The molecular weight excluding hydrogens is 250 g/mol. The molecule has 0 aromatic carbocycles. The fourth-order valence-electron chi connectivity index (χ4n) is 1.46. The van der Waals surface area contributed by atoms with Gasteiger partial charge in [0.1, 0.15) is 0 Å². The minimum Gasteiger partial charge on any atom is -0.466 e. The molecule has 0 aliphatic heterocycles. The van der Waals surface area contributed by atoms with E-state index in [0.717, 1.165) is 4.88 Å². The highest BCUT2D eigenvalue weighted by Crippen LogP contribution is 2.20. The van der Waals surface area contributed by atoms with Crippen molar-refractivity contribution < 1.29 is 14.3 Å². The second kappa shape index (κ2) is 7.16. The van der Waals surface area contributed by atoms with Crippen molar-refractivity contribution in [1.29, 1.82) is 0 Å². The number of hydrogen-bond acceptors (Lipinski definition) is 4. The molecule has 0 bridgehead atoms. The number of amides is 1. The molecule has 1 heterocycles. The van der Waals surface area contributed by atoms with Gasteiger partial charge in [-0.05, 0) is 32.4 Å². The number of ether oxygens (including phenoxy) is 1. The van der Waals surface area contributed by atoms with Gasteiger partial charge in [-0.25, -0.2) is 0 Å². The Morgan fingerprint density at radius 3 is 2.61 bits per heavy atom. The van der Waals surface area contributed by atoms with Crippen LogP contribution in [0.3, 0.4) is 0 Å². The Balaban J connectivity index is 2.27. The Labute approximate surface area is 111 Å². The number of carbonyl (C=O) groups is 2. The molecule has 0 radical (unpaired) electrons. The molecule has 0 saturated heterocycles. The van der Waals surface area contributed by atoms with Crippen LogP contribution in [0.5, 0.6) is 0 Å². The first-order chi connectivity index (χ1) is 8.52. The molecule has 0 atom stereocenters. The van der Waals surface area contributed by atoms with Gasteiger partial charge in [-0.1, -0.05) is 0 Å². The second-order valence-electron chi connectivity index (χ2n) is 4.03. The van der Waals surface area contributed by atoms with Gasteiger partial charge < -0.3 is 10.1 Å². The highest BCUT2D eigenvalue weighted by molar-refractivity contribution is 7.12. The van der Waals surface area contributed by atoms with E-state index in [1.54, 1.807) is 18.3 Å². The number of esters is 1. The van der Waals surface area contributed by atoms with Crippen molar-refractivity contribution in [1.82, 2.24) is 5.32 Å². The van der Waals surface area contributed by atoms with Crippen LogP contribution in [0, 0.1) is 13.8 Å². The van der Waals surface area contributed by atoms with E-state index < -0.39 is 0 Å². The van der Waals surface area contributed by atoms with Gasteiger partial charge in [0.2, 0.25) is 5.91 Å². The Hall–Kier alpha value is -1.36. The summed E-state index contributed by atoms with van der Waals surface area (Å²) in [5, 5.41) is 2.80. The van der Waals surface area contributed by atoms with Crippen molar-refractivity contribution in [2.45, 2.75) is 40.2 Å². The standard InChI is InChI=1S/C13H19NO3S/c1-4-17-13(16)6-5-12(15)14-8-11-7-9(2)10(3)18-11/h7H,4-6,8H2,1-3H3,(H,14,15). The Bertz CT molecular complexity index is 406. The van der Waals surface area contributed by atoms with Gasteiger partial charge in [0.25, 0.3) is 0 Å². The molecule has 1 N–H and O–H groups in total. The van der Waals surface area contributed by atoms with Crippen LogP contribution in [-0.2, 0) is 20.9 Å². The summed E-state index contributed by atoms with van der Waals surface area (Å²) >= 11 is 1.68. The summed E-state index contributed by atoms with van der Waals surface area (Å²) in [7, 11) is 0. The van der Waals surface area contributed by atoms with Gasteiger partial charge in [0, 0.05) is 16.2 Å². The molecule has 100 valence electrons. The van der Waals surface area contributed by atoms with Gasteiger partial charge in [-0.3, -0.25) is 9.59 Å². The smallest absolute Gasteiger partial charge is 0.306 e. The van der Waals surface area contributed by atoms with Crippen LogP contribution in [0.2, 0.25) is 0 Å². The van der Waals surface area contributed by atoms with Crippen LogP contribution in [0.4, 0.5) is 0 Å². The van der Waals surface area contributed by atoms with Gasteiger partial charge >= 0.3 is 5.97 Å². The third-order valence-electron chi connectivity index (χ3n) is 2.54. The normalized spacial score (nSPS) is 10.2. The van der Waals surface area contributed by atoms with E-state index in [9.17, 15) is 9.59 Å². The van der Waals surface area contributed by atoms with Gasteiger partial charge in [-0.15, -0.1) is 11.3 Å². The molecule has 1 rings (SSSR count). The largest absolute Gasteiger partial charge is 0.466 e. The molecule has 1 aromatic rings. The summed E-state index contributed by atoms with van der Waals surface area (Å²) in [5.74, 6) is -0.442. The monoisotopic (exact) mass is 269 g/mol. The molecule has 0 spiro atoms. The van der Waals surface area contributed by atoms with E-state index in [0.29, 0.717) is 13.2 Å². The first-order valence-electron chi connectivity index (χ1n) is 6.01. The lowest BCUT2D eigenvalue weighted by atomic mass is 10.2. The maximum absolute atomic E-state index is 11.5. The van der Waals surface area contributed by atoms with E-state index >= 15 is 0 Å². The van der Waals surface area contributed by atoms with E-state index in [2.05, 4.69) is 25.2 Å². The van der Waals surface area contributed by atoms with Crippen molar-refractivity contribution >= 4 is 23.2 Å². The minimum atomic E-state index is -0.324. The molecule has 1 aromatic heterocycles. The maximum atomic E-state index is 11.5. The fraction of sp³-hybridized carbons (Fsp3) is 0.538. The third kappa shape index (κ3) is 4.87. The second-order valence-corrected chi connectivity index (χ2v) is 5.37. The predicted octanol–water partition coefficient (Wildman–Crippen LogP) is 2.32. The molecule has 5 heteroatoms. The van der Waals surface area contributed by atoms with Crippen LogP contribution >= 0.6 is 11.3 Å². The van der Waals surface area contributed by atoms with Gasteiger partial charge in [0.15, 0.2) is 0 Å². The molecule has 0 saturated carbocycles. The van der Waals surface area contributed by atoms with Gasteiger partial charge in [0.05, 0.1) is 19.6 Å². The van der Waals surface area contributed by atoms with Crippen molar-refractivity contribution in [3.05, 3.63) is 21.4 Å². The van der Waals surface area contributed by atoms with Crippen molar-refractivity contribution in [3.63, 3.8) is 0 Å².